The van der Waals surface area contributed by atoms with Crippen LogP contribution in [0.4, 0.5) is 17.1 Å². The maximum atomic E-state index is 2.45. The monoisotopic (exact) mass is 802 g/mol. The molecule has 0 saturated carbocycles. The van der Waals surface area contributed by atoms with Crippen LogP contribution in [-0.4, -0.2) is 4.57 Å². The standard InChI is InChI=1S/C61H42N2/c1-5-17-43(18-6-1)44-29-34-50(35-30-44)62(51-36-31-45(32-37-51)46-33-39-56-55-26-14-16-28-59(55)63(60(56)41-46)49-23-11-4-12-24-49)52-38-40-54-53-25-13-15-27-57(53)61(58(54)42-52,47-19-7-2-8-20-47)48-21-9-3-10-22-48/h1-42H. The van der Waals surface area contributed by atoms with E-state index in [4.69, 9.17) is 0 Å². The molecule has 0 aliphatic heterocycles. The highest BCUT2D eigenvalue weighted by atomic mass is 15.1. The van der Waals surface area contributed by atoms with Gasteiger partial charge in [0, 0.05) is 33.5 Å². The number of benzene rings is 10. The van der Waals surface area contributed by atoms with Gasteiger partial charge in [-0.15, -0.1) is 0 Å². The summed E-state index contributed by atoms with van der Waals surface area (Å²) in [6.45, 7) is 0. The molecule has 1 heterocycles. The number of hydrogen-bond donors (Lipinski definition) is 0. The van der Waals surface area contributed by atoms with Crippen molar-refractivity contribution < 1.29 is 0 Å². The van der Waals surface area contributed by atoms with Crippen LogP contribution in [0.5, 0.6) is 0 Å². The summed E-state index contributed by atoms with van der Waals surface area (Å²) in [4.78, 5) is 2.42. The van der Waals surface area contributed by atoms with E-state index in [1.54, 1.807) is 0 Å². The van der Waals surface area contributed by atoms with Gasteiger partial charge in [0.15, 0.2) is 0 Å². The molecule has 10 aromatic carbocycles. The predicted molar refractivity (Wildman–Crippen MR) is 264 cm³/mol. The summed E-state index contributed by atoms with van der Waals surface area (Å²) >= 11 is 0. The second kappa shape index (κ2) is 15.1. The molecule has 0 radical (unpaired) electrons. The van der Waals surface area contributed by atoms with Crippen LogP contribution in [0, 0.1) is 0 Å². The molecule has 0 saturated heterocycles. The summed E-state index contributed by atoms with van der Waals surface area (Å²) in [7, 11) is 0. The van der Waals surface area contributed by atoms with E-state index in [2.05, 4.69) is 264 Å². The zero-order valence-electron chi connectivity index (χ0n) is 34.6. The number of anilines is 3. The molecule has 0 N–H and O–H groups in total. The molecule has 2 heteroatoms. The Labute approximate surface area is 368 Å². The van der Waals surface area contributed by atoms with E-state index in [-0.39, 0.29) is 0 Å². The molecular weight excluding hydrogens is 761 g/mol. The minimum Gasteiger partial charge on any atom is -0.310 e. The van der Waals surface area contributed by atoms with Gasteiger partial charge in [0.25, 0.3) is 0 Å². The lowest BCUT2D eigenvalue weighted by Gasteiger charge is -2.35. The number of rotatable bonds is 8. The molecule has 2 nitrogen and oxygen atoms in total. The van der Waals surface area contributed by atoms with Crippen molar-refractivity contribution in [3.05, 3.63) is 277 Å². The number of aromatic nitrogens is 1. The third-order valence-corrected chi connectivity index (χ3v) is 13.1. The van der Waals surface area contributed by atoms with Gasteiger partial charge in [0.2, 0.25) is 0 Å². The molecule has 63 heavy (non-hydrogen) atoms. The molecule has 0 fully saturated rings. The summed E-state index contributed by atoms with van der Waals surface area (Å²) < 4.78 is 2.39. The molecule has 1 aliphatic carbocycles. The van der Waals surface area contributed by atoms with Crippen LogP contribution >= 0.6 is 0 Å². The Kier molecular flexibility index (Phi) is 8.76. The van der Waals surface area contributed by atoms with Crippen molar-refractivity contribution in [1.82, 2.24) is 4.57 Å². The highest BCUT2D eigenvalue weighted by Gasteiger charge is 2.46. The van der Waals surface area contributed by atoms with Crippen molar-refractivity contribution in [2.24, 2.45) is 0 Å². The maximum absolute atomic E-state index is 2.45. The van der Waals surface area contributed by atoms with Crippen molar-refractivity contribution in [2.75, 3.05) is 4.90 Å². The van der Waals surface area contributed by atoms with Crippen molar-refractivity contribution in [3.63, 3.8) is 0 Å². The first-order chi connectivity index (χ1) is 31.3. The Morgan fingerprint density at radius 3 is 1.44 bits per heavy atom. The van der Waals surface area contributed by atoms with Crippen molar-refractivity contribution in [2.45, 2.75) is 5.41 Å². The molecule has 0 unspecified atom stereocenters. The van der Waals surface area contributed by atoms with Gasteiger partial charge in [-0.25, -0.2) is 0 Å². The van der Waals surface area contributed by atoms with Gasteiger partial charge < -0.3 is 9.47 Å². The molecular formula is C61H42N2. The Morgan fingerprint density at radius 1 is 0.302 bits per heavy atom. The van der Waals surface area contributed by atoms with Crippen LogP contribution in [0.25, 0.3) is 60.9 Å². The lowest BCUT2D eigenvalue weighted by Crippen LogP contribution is -2.28. The Morgan fingerprint density at radius 2 is 0.778 bits per heavy atom. The van der Waals surface area contributed by atoms with Crippen LogP contribution < -0.4 is 4.90 Å². The quantitative estimate of drug-likeness (QED) is 0.149. The average molecular weight is 803 g/mol. The van der Waals surface area contributed by atoms with Gasteiger partial charge in [0.1, 0.15) is 0 Å². The lowest BCUT2D eigenvalue weighted by atomic mass is 9.67. The molecule has 11 aromatic rings. The summed E-state index contributed by atoms with van der Waals surface area (Å²) in [5, 5.41) is 2.51. The first-order valence-electron chi connectivity index (χ1n) is 21.8. The van der Waals surface area contributed by atoms with Crippen LogP contribution in [0.15, 0.2) is 255 Å². The van der Waals surface area contributed by atoms with Crippen molar-refractivity contribution >= 4 is 38.9 Å². The Balaban J connectivity index is 1.02. The van der Waals surface area contributed by atoms with Crippen molar-refractivity contribution in [3.8, 4) is 39.1 Å². The fourth-order valence-corrected chi connectivity index (χ4v) is 10.3. The van der Waals surface area contributed by atoms with E-state index < -0.39 is 5.41 Å². The van der Waals surface area contributed by atoms with Crippen LogP contribution in [0.2, 0.25) is 0 Å². The van der Waals surface area contributed by atoms with E-state index in [0.717, 1.165) is 22.7 Å². The summed E-state index contributed by atoms with van der Waals surface area (Å²) in [5.74, 6) is 0. The van der Waals surface area contributed by atoms with Gasteiger partial charge in [-0.1, -0.05) is 194 Å². The fraction of sp³-hybridized carbons (Fsp3) is 0.0164. The number of nitrogens with zero attached hydrogens (tertiary/aromatic N) is 2. The van der Waals surface area contributed by atoms with Crippen molar-refractivity contribution in [1.29, 1.82) is 0 Å². The summed E-state index contributed by atoms with van der Waals surface area (Å²) in [5.41, 5.74) is 18.7. The van der Waals surface area contributed by atoms with Crippen LogP contribution in [-0.2, 0) is 5.41 Å². The Hall–Kier alpha value is -8.20. The third kappa shape index (κ3) is 5.95. The SMILES string of the molecule is c1ccc(-c2ccc(N(c3ccc(-c4ccc5c6ccccc6n(-c6ccccc6)c5c4)cc3)c3ccc4c(c3)C(c3ccccc3)(c3ccccc3)c3ccccc3-4)cc2)cc1. The molecule has 0 bridgehead atoms. The van der Waals surface area contributed by atoms with Gasteiger partial charge in [0.05, 0.1) is 16.4 Å². The molecule has 296 valence electrons. The minimum atomic E-state index is -0.502. The summed E-state index contributed by atoms with van der Waals surface area (Å²) in [6, 6.07) is 93.2. The second-order valence-electron chi connectivity index (χ2n) is 16.5. The van der Waals surface area contributed by atoms with E-state index in [1.165, 1.54) is 77.4 Å². The summed E-state index contributed by atoms with van der Waals surface area (Å²) in [6.07, 6.45) is 0. The minimum absolute atomic E-state index is 0.502. The molecule has 0 atom stereocenters. The third-order valence-electron chi connectivity index (χ3n) is 13.1. The van der Waals surface area contributed by atoms with Gasteiger partial charge in [-0.3, -0.25) is 0 Å². The highest BCUT2D eigenvalue weighted by molar-refractivity contribution is 6.10. The normalized spacial score (nSPS) is 12.6. The molecule has 1 aromatic heterocycles. The Bertz CT molecular complexity index is 3370. The molecule has 1 aliphatic rings. The molecule has 0 amide bonds. The largest absolute Gasteiger partial charge is 0.310 e. The van der Waals surface area contributed by atoms with Gasteiger partial charge in [-0.2, -0.15) is 0 Å². The smallest absolute Gasteiger partial charge is 0.0714 e. The number of para-hydroxylation sites is 2. The zero-order valence-corrected chi connectivity index (χ0v) is 34.6. The fourth-order valence-electron chi connectivity index (χ4n) is 10.3. The second-order valence-corrected chi connectivity index (χ2v) is 16.5. The van der Waals surface area contributed by atoms with E-state index in [0.29, 0.717) is 0 Å². The van der Waals surface area contributed by atoms with E-state index in [1.807, 2.05) is 0 Å². The first kappa shape index (κ1) is 36.6. The van der Waals surface area contributed by atoms with E-state index >= 15 is 0 Å². The van der Waals surface area contributed by atoms with Gasteiger partial charge >= 0.3 is 0 Å². The molecule has 12 rings (SSSR count). The number of hydrogen-bond acceptors (Lipinski definition) is 1. The van der Waals surface area contributed by atoms with Crippen LogP contribution in [0.1, 0.15) is 22.3 Å². The van der Waals surface area contributed by atoms with E-state index in [9.17, 15) is 0 Å². The zero-order chi connectivity index (χ0) is 41.7. The average Bonchev–Trinajstić information content (AvgIpc) is 3.86. The van der Waals surface area contributed by atoms with Crippen LogP contribution in [0.3, 0.4) is 0 Å². The maximum Gasteiger partial charge on any atom is 0.0714 e. The lowest BCUT2D eigenvalue weighted by molar-refractivity contribution is 0.768. The first-order valence-corrected chi connectivity index (χ1v) is 21.8. The topological polar surface area (TPSA) is 8.17 Å². The van der Waals surface area contributed by atoms with Gasteiger partial charge in [-0.05, 0) is 116 Å². The highest BCUT2D eigenvalue weighted by Crippen LogP contribution is 2.57. The molecule has 0 spiro atoms. The predicted octanol–water partition coefficient (Wildman–Crippen LogP) is 16.0. The number of fused-ring (bicyclic) bond motifs is 6.